The summed E-state index contributed by atoms with van der Waals surface area (Å²) in [6, 6.07) is 4.55. The zero-order valence-corrected chi connectivity index (χ0v) is 10.5. The number of benzene rings is 1. The Morgan fingerprint density at radius 1 is 1.22 bits per heavy atom. The standard InChI is InChI=1S/C12H7BrF2N2O/c13-8-6-16-4-3-11(8)17-12(18)7-1-2-9(14)10(15)5-7/h1-6H,(H,16,17,18). The van der Waals surface area contributed by atoms with Crippen molar-refractivity contribution in [3.8, 4) is 0 Å². The van der Waals surface area contributed by atoms with Crippen molar-refractivity contribution in [2.75, 3.05) is 5.32 Å². The van der Waals surface area contributed by atoms with Crippen LogP contribution in [-0.2, 0) is 0 Å². The first-order valence-electron chi connectivity index (χ1n) is 4.94. The lowest BCUT2D eigenvalue weighted by molar-refractivity contribution is 0.102. The van der Waals surface area contributed by atoms with Gasteiger partial charge in [0.25, 0.3) is 5.91 Å². The van der Waals surface area contributed by atoms with Crippen LogP contribution in [0.3, 0.4) is 0 Å². The molecule has 1 heterocycles. The maximum absolute atomic E-state index is 13.0. The van der Waals surface area contributed by atoms with Gasteiger partial charge in [-0.3, -0.25) is 9.78 Å². The lowest BCUT2D eigenvalue weighted by Gasteiger charge is -2.06. The van der Waals surface area contributed by atoms with Gasteiger partial charge in [-0.05, 0) is 40.2 Å². The second-order valence-electron chi connectivity index (χ2n) is 3.44. The van der Waals surface area contributed by atoms with Crippen LogP contribution in [0.5, 0.6) is 0 Å². The number of pyridine rings is 1. The molecule has 1 N–H and O–H groups in total. The molecule has 0 aliphatic heterocycles. The average molecular weight is 313 g/mol. The number of amides is 1. The minimum absolute atomic E-state index is 0.0395. The first-order chi connectivity index (χ1) is 8.58. The fraction of sp³-hybridized carbons (Fsp3) is 0. The molecule has 1 amide bonds. The van der Waals surface area contributed by atoms with E-state index in [-0.39, 0.29) is 5.56 Å². The minimum atomic E-state index is -1.06. The van der Waals surface area contributed by atoms with E-state index in [0.29, 0.717) is 10.2 Å². The molecule has 0 fully saturated rings. The average Bonchev–Trinajstić information content (AvgIpc) is 2.35. The lowest BCUT2D eigenvalue weighted by Crippen LogP contribution is -2.12. The SMILES string of the molecule is O=C(Nc1ccncc1Br)c1ccc(F)c(F)c1. The number of hydrogen-bond donors (Lipinski definition) is 1. The number of rotatable bonds is 2. The Bertz CT molecular complexity index is 604. The quantitative estimate of drug-likeness (QED) is 0.923. The molecule has 18 heavy (non-hydrogen) atoms. The Morgan fingerprint density at radius 2 is 2.00 bits per heavy atom. The van der Waals surface area contributed by atoms with Gasteiger partial charge in [0.1, 0.15) is 0 Å². The van der Waals surface area contributed by atoms with Gasteiger partial charge in [-0.1, -0.05) is 0 Å². The highest BCUT2D eigenvalue weighted by Crippen LogP contribution is 2.21. The van der Waals surface area contributed by atoms with Gasteiger partial charge in [0.05, 0.1) is 10.2 Å². The molecule has 0 saturated heterocycles. The summed E-state index contributed by atoms with van der Waals surface area (Å²) in [4.78, 5) is 15.6. The van der Waals surface area contributed by atoms with Crippen LogP contribution < -0.4 is 5.32 Å². The molecule has 3 nitrogen and oxygen atoms in total. The minimum Gasteiger partial charge on any atom is -0.321 e. The van der Waals surface area contributed by atoms with E-state index in [0.717, 1.165) is 12.1 Å². The molecule has 2 aromatic rings. The van der Waals surface area contributed by atoms with Crippen molar-refractivity contribution in [3.05, 3.63) is 58.3 Å². The number of hydrogen-bond acceptors (Lipinski definition) is 2. The summed E-state index contributed by atoms with van der Waals surface area (Å²) in [6.07, 6.45) is 3.02. The molecule has 6 heteroatoms. The maximum atomic E-state index is 13.0. The Morgan fingerprint density at radius 3 is 2.67 bits per heavy atom. The molecule has 0 aliphatic carbocycles. The van der Waals surface area contributed by atoms with E-state index in [1.165, 1.54) is 18.5 Å². The topological polar surface area (TPSA) is 42.0 Å². The Hall–Kier alpha value is -1.82. The molecule has 0 radical (unpaired) electrons. The van der Waals surface area contributed by atoms with Gasteiger partial charge in [-0.2, -0.15) is 0 Å². The van der Waals surface area contributed by atoms with Crippen molar-refractivity contribution < 1.29 is 13.6 Å². The maximum Gasteiger partial charge on any atom is 0.255 e. The molecule has 1 aromatic heterocycles. The van der Waals surface area contributed by atoms with Gasteiger partial charge >= 0.3 is 0 Å². The monoisotopic (exact) mass is 312 g/mol. The molecule has 0 spiro atoms. The Labute approximate surface area is 110 Å². The molecule has 2 rings (SSSR count). The summed E-state index contributed by atoms with van der Waals surface area (Å²) in [5.41, 5.74) is 0.539. The van der Waals surface area contributed by atoms with Crippen LogP contribution in [0.15, 0.2) is 41.1 Å². The Kier molecular flexibility index (Phi) is 3.66. The van der Waals surface area contributed by atoms with Crippen molar-refractivity contribution in [2.45, 2.75) is 0 Å². The van der Waals surface area contributed by atoms with Crippen LogP contribution in [0, 0.1) is 11.6 Å². The van der Waals surface area contributed by atoms with Gasteiger partial charge < -0.3 is 5.32 Å². The smallest absolute Gasteiger partial charge is 0.255 e. The highest BCUT2D eigenvalue weighted by Gasteiger charge is 2.11. The van der Waals surface area contributed by atoms with Crippen LogP contribution in [0.4, 0.5) is 14.5 Å². The lowest BCUT2D eigenvalue weighted by atomic mass is 10.2. The van der Waals surface area contributed by atoms with Crippen molar-refractivity contribution >= 4 is 27.5 Å². The van der Waals surface area contributed by atoms with Crippen molar-refractivity contribution in [3.63, 3.8) is 0 Å². The molecular formula is C12H7BrF2N2O. The van der Waals surface area contributed by atoms with Gasteiger partial charge in [0, 0.05) is 18.0 Å². The molecular weight excluding hydrogens is 306 g/mol. The number of nitrogens with one attached hydrogen (secondary N) is 1. The zero-order valence-electron chi connectivity index (χ0n) is 8.95. The normalized spacial score (nSPS) is 10.2. The fourth-order valence-electron chi connectivity index (χ4n) is 1.31. The predicted octanol–water partition coefficient (Wildman–Crippen LogP) is 3.37. The molecule has 0 atom stereocenters. The largest absolute Gasteiger partial charge is 0.321 e. The first kappa shape index (κ1) is 12.6. The van der Waals surface area contributed by atoms with Gasteiger partial charge in [0.2, 0.25) is 0 Å². The summed E-state index contributed by atoms with van der Waals surface area (Å²) in [5.74, 6) is -2.58. The summed E-state index contributed by atoms with van der Waals surface area (Å²) >= 11 is 3.21. The van der Waals surface area contributed by atoms with Crippen molar-refractivity contribution in [1.82, 2.24) is 4.98 Å². The van der Waals surface area contributed by atoms with Crippen LogP contribution in [-0.4, -0.2) is 10.9 Å². The summed E-state index contributed by atoms with van der Waals surface area (Å²) in [5, 5.41) is 2.56. The summed E-state index contributed by atoms with van der Waals surface area (Å²) in [7, 11) is 0. The van der Waals surface area contributed by atoms with E-state index in [1.54, 1.807) is 6.07 Å². The second-order valence-corrected chi connectivity index (χ2v) is 4.29. The van der Waals surface area contributed by atoms with E-state index >= 15 is 0 Å². The summed E-state index contributed by atoms with van der Waals surface area (Å²) < 4.78 is 26.3. The third-order valence-electron chi connectivity index (χ3n) is 2.20. The number of halogens is 3. The Balaban J connectivity index is 2.22. The second kappa shape index (κ2) is 5.22. The van der Waals surface area contributed by atoms with Crippen molar-refractivity contribution in [1.29, 1.82) is 0 Å². The molecule has 0 aliphatic rings. The van der Waals surface area contributed by atoms with E-state index in [4.69, 9.17) is 0 Å². The number of carbonyl (C=O) groups excluding carboxylic acids is 1. The van der Waals surface area contributed by atoms with E-state index in [1.807, 2.05) is 0 Å². The van der Waals surface area contributed by atoms with Crippen LogP contribution >= 0.6 is 15.9 Å². The van der Waals surface area contributed by atoms with E-state index in [9.17, 15) is 13.6 Å². The highest BCUT2D eigenvalue weighted by molar-refractivity contribution is 9.10. The van der Waals surface area contributed by atoms with Gasteiger partial charge in [0.15, 0.2) is 11.6 Å². The molecule has 0 unspecified atom stereocenters. The third kappa shape index (κ3) is 2.70. The molecule has 0 saturated carbocycles. The number of aromatic nitrogens is 1. The number of nitrogens with zero attached hydrogens (tertiary/aromatic N) is 1. The van der Waals surface area contributed by atoms with Crippen LogP contribution in [0.2, 0.25) is 0 Å². The molecule has 92 valence electrons. The van der Waals surface area contributed by atoms with Crippen LogP contribution in [0.1, 0.15) is 10.4 Å². The van der Waals surface area contributed by atoms with E-state index < -0.39 is 17.5 Å². The third-order valence-corrected chi connectivity index (χ3v) is 2.83. The molecule has 0 bridgehead atoms. The fourth-order valence-corrected chi connectivity index (χ4v) is 1.66. The van der Waals surface area contributed by atoms with Gasteiger partial charge in [-0.15, -0.1) is 0 Å². The number of carbonyl (C=O) groups is 1. The zero-order chi connectivity index (χ0) is 13.1. The van der Waals surface area contributed by atoms with Crippen LogP contribution in [0.25, 0.3) is 0 Å². The predicted molar refractivity (Wildman–Crippen MR) is 66.2 cm³/mol. The number of anilines is 1. The molecule has 1 aromatic carbocycles. The summed E-state index contributed by atoms with van der Waals surface area (Å²) in [6.45, 7) is 0. The van der Waals surface area contributed by atoms with Crippen molar-refractivity contribution in [2.24, 2.45) is 0 Å². The van der Waals surface area contributed by atoms with Gasteiger partial charge in [-0.25, -0.2) is 8.78 Å². The van der Waals surface area contributed by atoms with E-state index in [2.05, 4.69) is 26.2 Å². The first-order valence-corrected chi connectivity index (χ1v) is 5.73. The highest BCUT2D eigenvalue weighted by atomic mass is 79.9.